The Morgan fingerprint density at radius 3 is 2.29 bits per heavy atom. The summed E-state index contributed by atoms with van der Waals surface area (Å²) in [4.78, 5) is 70.5. The van der Waals surface area contributed by atoms with E-state index in [-0.39, 0.29) is 47.7 Å². The molecular formula is C57H60N9O10SSi+. The van der Waals surface area contributed by atoms with Gasteiger partial charge in [-0.3, -0.25) is 9.59 Å². The third-order valence-corrected chi connectivity index (χ3v) is 21.3. The molecule has 3 atom stereocenters. The van der Waals surface area contributed by atoms with Crippen molar-refractivity contribution in [3.63, 3.8) is 0 Å². The van der Waals surface area contributed by atoms with Crippen LogP contribution in [-0.4, -0.2) is 149 Å². The zero-order valence-electron chi connectivity index (χ0n) is 43.3. The molecule has 6 aliphatic rings. The number of hydrogen-bond acceptors (Lipinski definition) is 11. The zero-order valence-corrected chi connectivity index (χ0v) is 45.1. The number of likely N-dealkylation sites (tertiary alicyclic amines) is 1. The smallest absolute Gasteiger partial charge is 0.415 e. The number of nitrogens with one attached hydrogen (secondary N) is 2. The lowest BCUT2D eigenvalue weighted by Crippen LogP contribution is -2.51. The summed E-state index contributed by atoms with van der Waals surface area (Å²) in [5, 5.41) is 37.5. The van der Waals surface area contributed by atoms with Crippen LogP contribution >= 0.6 is 0 Å². The van der Waals surface area contributed by atoms with Gasteiger partial charge < -0.3 is 35.4 Å². The fraction of sp³-hybridized carbons (Fsp3) is 0.333. The van der Waals surface area contributed by atoms with Crippen molar-refractivity contribution in [2.24, 2.45) is 0 Å². The van der Waals surface area contributed by atoms with Gasteiger partial charge in [-0.05, 0) is 125 Å². The lowest BCUT2D eigenvalue weighted by Gasteiger charge is -2.40. The van der Waals surface area contributed by atoms with Crippen LogP contribution in [0, 0.1) is 0 Å². The van der Waals surface area contributed by atoms with Crippen LogP contribution in [0.2, 0.25) is 13.1 Å². The summed E-state index contributed by atoms with van der Waals surface area (Å²) in [5.41, 5.74) is 6.56. The van der Waals surface area contributed by atoms with Gasteiger partial charge in [0.05, 0.1) is 35.7 Å². The molecule has 5 aromatic rings. The lowest BCUT2D eigenvalue weighted by molar-refractivity contribution is -0.582. The van der Waals surface area contributed by atoms with Crippen molar-refractivity contribution in [1.82, 2.24) is 34.8 Å². The van der Waals surface area contributed by atoms with Gasteiger partial charge in [-0.15, -0.1) is 5.10 Å². The van der Waals surface area contributed by atoms with Gasteiger partial charge in [0.2, 0.25) is 15.9 Å². The highest BCUT2D eigenvalue weighted by atomic mass is 32.2. The third kappa shape index (κ3) is 10.1. The molecule has 1 aliphatic carbocycles. The fourth-order valence-corrected chi connectivity index (χ4v) is 16.0. The molecule has 6 heterocycles. The third-order valence-electron chi connectivity index (χ3n) is 15.9. The van der Waals surface area contributed by atoms with E-state index in [1.807, 2.05) is 0 Å². The average molecular weight is 1090 g/mol. The molecule has 4 aromatic carbocycles. The van der Waals surface area contributed by atoms with E-state index in [2.05, 4.69) is 79.9 Å². The van der Waals surface area contributed by atoms with Crippen LogP contribution in [0.15, 0.2) is 131 Å². The quantitative estimate of drug-likeness (QED) is 0.0785. The highest BCUT2D eigenvalue weighted by Gasteiger charge is 2.46. The van der Waals surface area contributed by atoms with E-state index in [4.69, 9.17) is 4.74 Å². The highest BCUT2D eigenvalue weighted by molar-refractivity contribution is 7.89. The molecule has 1 aromatic heterocycles. The zero-order chi connectivity index (χ0) is 54.5. The number of hydrogen-bond donors (Lipinski definition) is 4. The number of aromatic carboxylic acids is 1. The molecule has 78 heavy (non-hydrogen) atoms. The maximum atomic E-state index is 14.2. The van der Waals surface area contributed by atoms with Crippen molar-refractivity contribution in [3.8, 4) is 5.75 Å². The Morgan fingerprint density at radius 1 is 0.859 bits per heavy atom. The summed E-state index contributed by atoms with van der Waals surface area (Å²) in [7, 11) is -6.65. The SMILES string of the molecule is C[Si]1(C)C2=CC(=[N+]3CCC3)C=CC2=C(c2cc(C(=O)NCc3cn([C@@H]4C[C@@H](C(=O)N[C@@H](Cc5ccc(OC(=O)N6CCCC6)cc5)C(=O)O)N(S(=O)(=O)c5ccccc5)C4)nn3)ccc2C(=O)O)c2ccc(N3CCC3)cc21. The summed E-state index contributed by atoms with van der Waals surface area (Å²) >= 11 is 0. The number of aliphatic carboxylic acids is 1. The highest BCUT2D eigenvalue weighted by Crippen LogP contribution is 2.44. The number of carboxylic acids is 2. The Balaban J connectivity index is 0.821. The molecule has 3 amide bonds. The number of amides is 3. The van der Waals surface area contributed by atoms with Gasteiger partial charge >= 0.3 is 18.0 Å². The van der Waals surface area contributed by atoms with Crippen molar-refractivity contribution >= 4 is 70.1 Å². The number of sulfonamides is 1. The second kappa shape index (κ2) is 21.1. The first-order valence-corrected chi connectivity index (χ1v) is 30.9. The molecule has 0 radical (unpaired) electrons. The maximum Gasteiger partial charge on any atom is 0.415 e. The topological polar surface area (TPSA) is 237 Å². The van der Waals surface area contributed by atoms with Crippen molar-refractivity contribution < 1.29 is 51.9 Å². The van der Waals surface area contributed by atoms with Crippen LogP contribution in [0.4, 0.5) is 10.5 Å². The van der Waals surface area contributed by atoms with Gasteiger partial charge in [-0.1, -0.05) is 54.7 Å². The number of rotatable bonds is 15. The number of carbonyl (C=O) groups is 5. The molecule has 4 saturated heterocycles. The van der Waals surface area contributed by atoms with Crippen LogP contribution in [0.25, 0.3) is 5.57 Å². The van der Waals surface area contributed by atoms with E-state index in [1.165, 1.54) is 39.3 Å². The minimum atomic E-state index is -4.30. The Bertz CT molecular complexity index is 3500. The second-order valence-electron chi connectivity index (χ2n) is 21.2. The molecule has 0 spiro atoms. The molecule has 4 fully saturated rings. The molecule has 4 N–H and O–H groups in total. The fourth-order valence-electron chi connectivity index (χ4n) is 11.3. The molecular weight excluding hydrogens is 1030 g/mol. The monoisotopic (exact) mass is 1090 g/mol. The number of nitrogens with zero attached hydrogens (tertiary/aromatic N) is 7. The number of aromatic nitrogens is 3. The van der Waals surface area contributed by atoms with E-state index in [1.54, 1.807) is 59.6 Å². The molecule has 5 aliphatic heterocycles. The predicted octanol–water partition coefficient (Wildman–Crippen LogP) is 5.15. The van der Waals surface area contributed by atoms with Gasteiger partial charge in [0.15, 0.2) is 5.71 Å². The number of ether oxygens (including phenoxy) is 1. The first-order valence-electron chi connectivity index (χ1n) is 26.4. The van der Waals surface area contributed by atoms with Crippen LogP contribution in [-0.2, 0) is 32.6 Å². The lowest BCUT2D eigenvalue weighted by atomic mass is 9.86. The van der Waals surface area contributed by atoms with Gasteiger partial charge in [-0.2, -0.15) is 4.31 Å². The van der Waals surface area contributed by atoms with Gasteiger partial charge in [0, 0.05) is 62.5 Å². The van der Waals surface area contributed by atoms with Crippen LogP contribution in [0.3, 0.4) is 0 Å². The normalized spacial score (nSPS) is 20.0. The molecule has 0 bridgehead atoms. The van der Waals surface area contributed by atoms with Crippen molar-refractivity contribution in [2.75, 3.05) is 50.7 Å². The number of anilines is 1. The van der Waals surface area contributed by atoms with E-state index >= 15 is 0 Å². The van der Waals surface area contributed by atoms with Crippen LogP contribution in [0.1, 0.15) is 81.2 Å². The molecule has 21 heteroatoms. The summed E-state index contributed by atoms with van der Waals surface area (Å²) in [5.74, 6) is -3.48. The Morgan fingerprint density at radius 2 is 1.62 bits per heavy atom. The molecule has 402 valence electrons. The Kier molecular flexibility index (Phi) is 14.1. The maximum absolute atomic E-state index is 14.2. The summed E-state index contributed by atoms with van der Waals surface area (Å²) < 4.78 is 38.8. The minimum absolute atomic E-state index is 0.0566. The first kappa shape index (κ1) is 52.1. The minimum Gasteiger partial charge on any atom is -0.480 e. The van der Waals surface area contributed by atoms with E-state index < -0.39 is 66.1 Å². The Hall–Kier alpha value is -8.01. The van der Waals surface area contributed by atoms with Crippen molar-refractivity contribution in [2.45, 2.75) is 81.2 Å². The van der Waals surface area contributed by atoms with E-state index in [0.717, 1.165) is 84.3 Å². The predicted molar refractivity (Wildman–Crippen MR) is 292 cm³/mol. The summed E-state index contributed by atoms with van der Waals surface area (Å²) in [6.45, 7) is 9.57. The molecule has 11 rings (SSSR count). The molecule has 19 nitrogen and oxygen atoms in total. The number of carbonyl (C=O) groups excluding carboxylic acids is 3. The second-order valence-corrected chi connectivity index (χ2v) is 27.4. The van der Waals surface area contributed by atoms with Gasteiger partial charge in [-0.25, -0.2) is 32.1 Å². The van der Waals surface area contributed by atoms with Crippen LogP contribution < -0.4 is 25.5 Å². The standard InChI is InChI=1S/C57H59N9O10SSi/c1-78(2)50-31-39(62-24-8-25-62)15-20-45(50)52(46-21-16-40(32-51(46)78)63-26-9-27-63)47-29-37(14-19-44(47)55(69)70)53(67)58-33-38-34-65(61-60-38)41-30-49(66(35-41)77(74,75)43-10-4-3-5-11-43)54(68)59-48(56(71)72)28-36-12-17-42(18-13-36)76-57(73)64-22-6-7-23-64/h3-5,10-21,29,31-32,34,41,48-49H,6-9,22-28,30,33,35H2,1-2H3,(H3-,58,59,67,68,69,70,71,72)/p+1/t41-,48+,49+/m1/s1. The van der Waals surface area contributed by atoms with Crippen molar-refractivity contribution in [3.05, 3.63) is 160 Å². The summed E-state index contributed by atoms with van der Waals surface area (Å²) in [6.07, 6.45) is 11.5. The number of benzene rings is 4. The summed E-state index contributed by atoms with van der Waals surface area (Å²) in [6, 6.07) is 21.6. The van der Waals surface area contributed by atoms with E-state index in [9.17, 15) is 42.6 Å². The van der Waals surface area contributed by atoms with Gasteiger partial charge in [0.1, 0.15) is 44.7 Å². The number of carboxylic acid groups (broad SMARTS) is 2. The molecule has 0 unspecified atom stereocenters. The largest absolute Gasteiger partial charge is 0.480 e. The Labute approximate surface area is 452 Å². The van der Waals surface area contributed by atoms with E-state index in [0.29, 0.717) is 29.9 Å². The van der Waals surface area contributed by atoms with Gasteiger partial charge in [0.25, 0.3) is 5.91 Å². The first-order chi connectivity index (χ1) is 37.5. The van der Waals surface area contributed by atoms with Crippen molar-refractivity contribution in [1.29, 1.82) is 0 Å². The number of allylic oxidation sites excluding steroid dienone is 5. The molecule has 0 saturated carbocycles. The number of fused-ring (bicyclic) bond motifs is 2. The average Bonchev–Trinajstić information content (AvgIpc) is 4.32. The van der Waals surface area contributed by atoms with Crippen LogP contribution in [0.5, 0.6) is 5.75 Å².